The number of rotatable bonds is 3. The Morgan fingerprint density at radius 3 is 2.87 bits per heavy atom. The maximum Gasteiger partial charge on any atom is 0.213 e. The Kier molecular flexibility index (Phi) is 3.18. The molecule has 0 spiro atoms. The third-order valence-corrected chi connectivity index (χ3v) is 3.40. The average molecular weight is 235 g/mol. The van der Waals surface area contributed by atoms with Crippen LogP contribution in [0.3, 0.4) is 0 Å². The summed E-state index contributed by atoms with van der Waals surface area (Å²) >= 11 is 3.01. The first kappa shape index (κ1) is 10.4. The molecule has 2 aromatic rings. The molecule has 0 aliphatic rings. The van der Waals surface area contributed by atoms with E-state index in [1.54, 1.807) is 22.7 Å². The van der Waals surface area contributed by atoms with E-state index in [-0.39, 0.29) is 5.78 Å². The predicted molar refractivity (Wildman–Crippen MR) is 63.8 cm³/mol. The Balaban J connectivity index is 2.42. The van der Waals surface area contributed by atoms with Gasteiger partial charge in [-0.2, -0.15) is 0 Å². The molecule has 1 aromatic carbocycles. The van der Waals surface area contributed by atoms with Crippen LogP contribution in [0.4, 0.5) is 0 Å². The van der Waals surface area contributed by atoms with Gasteiger partial charge >= 0.3 is 0 Å². The second-order valence-corrected chi connectivity index (χ2v) is 4.47. The van der Waals surface area contributed by atoms with Crippen LogP contribution in [-0.2, 0) is 0 Å². The molecule has 1 heterocycles. The highest BCUT2D eigenvalue weighted by molar-refractivity contribution is 7.98. The van der Waals surface area contributed by atoms with Gasteiger partial charge < -0.3 is 0 Å². The van der Waals surface area contributed by atoms with E-state index in [4.69, 9.17) is 0 Å². The molecule has 0 aliphatic heterocycles. The van der Waals surface area contributed by atoms with Gasteiger partial charge in [0.2, 0.25) is 5.78 Å². The van der Waals surface area contributed by atoms with Crippen LogP contribution in [-0.4, -0.2) is 17.0 Å². The molecule has 0 saturated carbocycles. The van der Waals surface area contributed by atoms with Gasteiger partial charge in [-0.25, -0.2) is 4.98 Å². The lowest BCUT2D eigenvalue weighted by Crippen LogP contribution is -2.02. The first-order valence-electron chi connectivity index (χ1n) is 4.39. The molecule has 15 heavy (non-hydrogen) atoms. The average Bonchev–Trinajstić information content (AvgIpc) is 2.81. The molecule has 0 bridgehead atoms. The van der Waals surface area contributed by atoms with Gasteiger partial charge in [-0.15, -0.1) is 23.1 Å². The van der Waals surface area contributed by atoms with E-state index in [1.807, 2.05) is 30.5 Å². The van der Waals surface area contributed by atoms with Crippen molar-refractivity contribution >= 4 is 28.9 Å². The van der Waals surface area contributed by atoms with Crippen molar-refractivity contribution in [2.24, 2.45) is 0 Å². The van der Waals surface area contributed by atoms with E-state index in [2.05, 4.69) is 4.98 Å². The van der Waals surface area contributed by atoms with Crippen LogP contribution in [0.15, 0.2) is 40.1 Å². The number of thiazole rings is 1. The van der Waals surface area contributed by atoms with Crippen LogP contribution in [0.1, 0.15) is 16.1 Å². The monoisotopic (exact) mass is 235 g/mol. The lowest BCUT2D eigenvalue weighted by atomic mass is 10.1. The molecule has 0 radical (unpaired) electrons. The summed E-state index contributed by atoms with van der Waals surface area (Å²) in [5.74, 6) is 0.00111. The summed E-state index contributed by atoms with van der Waals surface area (Å²) in [7, 11) is 0. The molecule has 0 saturated heterocycles. The van der Waals surface area contributed by atoms with Crippen LogP contribution < -0.4 is 0 Å². The molecule has 1 aromatic heterocycles. The summed E-state index contributed by atoms with van der Waals surface area (Å²) in [4.78, 5) is 17.0. The van der Waals surface area contributed by atoms with Gasteiger partial charge in [-0.1, -0.05) is 12.1 Å². The zero-order valence-electron chi connectivity index (χ0n) is 8.14. The van der Waals surface area contributed by atoms with Crippen molar-refractivity contribution in [3.63, 3.8) is 0 Å². The maximum atomic E-state index is 12.0. The Labute approximate surface area is 96.4 Å². The minimum Gasteiger partial charge on any atom is -0.287 e. The second kappa shape index (κ2) is 4.59. The van der Waals surface area contributed by atoms with Crippen LogP contribution in [0.25, 0.3) is 0 Å². The van der Waals surface area contributed by atoms with Crippen molar-refractivity contribution in [3.8, 4) is 0 Å². The van der Waals surface area contributed by atoms with E-state index >= 15 is 0 Å². The molecule has 2 nitrogen and oxygen atoms in total. The standard InChI is InChI=1S/C11H9NOS2/c1-14-10-5-3-2-4-8(10)11(13)9-6-15-7-12-9/h2-7H,1H3. The van der Waals surface area contributed by atoms with Crippen LogP contribution >= 0.6 is 23.1 Å². The number of carbonyl (C=O) groups excluding carboxylic acids is 1. The number of thioether (sulfide) groups is 1. The minimum absolute atomic E-state index is 0.00111. The SMILES string of the molecule is CSc1ccccc1C(=O)c1cscn1. The number of aromatic nitrogens is 1. The minimum atomic E-state index is 0.00111. The molecular weight excluding hydrogens is 226 g/mol. The largest absolute Gasteiger partial charge is 0.287 e. The van der Waals surface area contributed by atoms with E-state index in [1.165, 1.54) is 11.3 Å². The van der Waals surface area contributed by atoms with E-state index < -0.39 is 0 Å². The molecule has 0 amide bonds. The van der Waals surface area contributed by atoms with Crippen molar-refractivity contribution in [1.29, 1.82) is 0 Å². The molecule has 0 fully saturated rings. The molecule has 4 heteroatoms. The van der Waals surface area contributed by atoms with Crippen LogP contribution in [0, 0.1) is 0 Å². The van der Waals surface area contributed by atoms with Crippen molar-refractivity contribution in [1.82, 2.24) is 4.98 Å². The number of ketones is 1. The Bertz CT molecular complexity index is 465. The van der Waals surface area contributed by atoms with Gasteiger partial charge in [0.15, 0.2) is 0 Å². The summed E-state index contributed by atoms with van der Waals surface area (Å²) in [5, 5.41) is 1.78. The maximum absolute atomic E-state index is 12.0. The first-order chi connectivity index (χ1) is 7.33. The lowest BCUT2D eigenvalue weighted by molar-refractivity contribution is 0.103. The molecule has 0 aliphatic carbocycles. The van der Waals surface area contributed by atoms with Gasteiger partial charge in [0.25, 0.3) is 0 Å². The number of hydrogen-bond donors (Lipinski definition) is 0. The van der Waals surface area contributed by atoms with Crippen molar-refractivity contribution in [2.45, 2.75) is 4.90 Å². The number of carbonyl (C=O) groups is 1. The highest BCUT2D eigenvalue weighted by Crippen LogP contribution is 2.22. The van der Waals surface area contributed by atoms with Crippen molar-refractivity contribution < 1.29 is 4.79 Å². The van der Waals surface area contributed by atoms with E-state index in [0.717, 1.165) is 10.5 Å². The summed E-state index contributed by atoms with van der Waals surface area (Å²) < 4.78 is 0. The fourth-order valence-electron chi connectivity index (χ4n) is 1.29. The summed E-state index contributed by atoms with van der Waals surface area (Å²) in [6, 6.07) is 7.60. The first-order valence-corrected chi connectivity index (χ1v) is 6.55. The van der Waals surface area contributed by atoms with Gasteiger partial charge in [0.05, 0.1) is 5.51 Å². The number of benzene rings is 1. The molecule has 0 unspecified atom stereocenters. The van der Waals surface area contributed by atoms with Crippen molar-refractivity contribution in [3.05, 3.63) is 46.4 Å². The van der Waals surface area contributed by atoms with Gasteiger partial charge in [-0.3, -0.25) is 4.79 Å². The topological polar surface area (TPSA) is 30.0 Å². The number of nitrogens with zero attached hydrogens (tertiary/aromatic N) is 1. The zero-order valence-corrected chi connectivity index (χ0v) is 9.77. The Morgan fingerprint density at radius 2 is 2.20 bits per heavy atom. The van der Waals surface area contributed by atoms with Crippen LogP contribution in [0.5, 0.6) is 0 Å². The molecule has 0 atom stereocenters. The molecule has 0 N–H and O–H groups in total. The third kappa shape index (κ3) is 2.11. The smallest absolute Gasteiger partial charge is 0.213 e. The molecule has 76 valence electrons. The summed E-state index contributed by atoms with van der Waals surface area (Å²) in [6.07, 6.45) is 1.97. The van der Waals surface area contributed by atoms with E-state index in [9.17, 15) is 4.79 Å². The summed E-state index contributed by atoms with van der Waals surface area (Å²) in [6.45, 7) is 0. The highest BCUT2D eigenvalue weighted by Gasteiger charge is 2.13. The predicted octanol–water partition coefficient (Wildman–Crippen LogP) is 3.10. The molecule has 2 rings (SSSR count). The third-order valence-electron chi connectivity index (χ3n) is 2.02. The quantitative estimate of drug-likeness (QED) is 0.605. The van der Waals surface area contributed by atoms with Gasteiger partial charge in [0.1, 0.15) is 5.69 Å². The molecular formula is C11H9NOS2. The highest BCUT2D eigenvalue weighted by atomic mass is 32.2. The Morgan fingerprint density at radius 1 is 1.40 bits per heavy atom. The van der Waals surface area contributed by atoms with Crippen molar-refractivity contribution in [2.75, 3.05) is 6.26 Å². The fraction of sp³-hybridized carbons (Fsp3) is 0.0909. The fourth-order valence-corrected chi connectivity index (χ4v) is 2.42. The van der Waals surface area contributed by atoms with Crippen LogP contribution in [0.2, 0.25) is 0 Å². The number of hydrogen-bond acceptors (Lipinski definition) is 4. The van der Waals surface area contributed by atoms with Gasteiger partial charge in [-0.05, 0) is 18.4 Å². The van der Waals surface area contributed by atoms with Gasteiger partial charge in [0, 0.05) is 15.8 Å². The second-order valence-electron chi connectivity index (χ2n) is 2.90. The summed E-state index contributed by atoms with van der Waals surface area (Å²) in [5.41, 5.74) is 2.94. The Hall–Kier alpha value is -1.13. The lowest BCUT2D eigenvalue weighted by Gasteiger charge is -2.03. The zero-order chi connectivity index (χ0) is 10.7. The normalized spacial score (nSPS) is 10.2. The van der Waals surface area contributed by atoms with E-state index in [0.29, 0.717) is 5.69 Å².